The van der Waals surface area contributed by atoms with E-state index in [4.69, 9.17) is 0 Å². The van der Waals surface area contributed by atoms with E-state index >= 15 is 0 Å². The van der Waals surface area contributed by atoms with Gasteiger partial charge in [-0.05, 0) is 67.9 Å². The Kier molecular flexibility index (Phi) is 5.26. The van der Waals surface area contributed by atoms with Gasteiger partial charge < -0.3 is 5.32 Å². The van der Waals surface area contributed by atoms with Crippen LogP contribution in [-0.2, 0) is 4.79 Å². The number of nitrogens with one attached hydrogen (secondary N) is 1. The smallest absolute Gasteiger partial charge is 0.230 e. The third kappa shape index (κ3) is 3.75. The quantitative estimate of drug-likeness (QED) is 0.546. The van der Waals surface area contributed by atoms with Crippen molar-refractivity contribution in [2.24, 2.45) is 23.7 Å². The molecule has 164 valence electrons. The minimum absolute atomic E-state index is 0.122. The summed E-state index contributed by atoms with van der Waals surface area (Å²) in [5.41, 5.74) is 2.01. The summed E-state index contributed by atoms with van der Waals surface area (Å²) in [7, 11) is 0. The number of nitrogens with zero attached hydrogens (tertiary/aromatic N) is 3. The molecule has 0 aliphatic heterocycles. The Labute approximate surface area is 193 Å². The third-order valence-electron chi connectivity index (χ3n) is 7.57. The molecule has 0 radical (unpaired) electrons. The van der Waals surface area contributed by atoms with Crippen molar-refractivity contribution in [1.82, 2.24) is 20.1 Å². The van der Waals surface area contributed by atoms with Crippen LogP contribution < -0.4 is 5.32 Å². The van der Waals surface area contributed by atoms with E-state index in [9.17, 15) is 4.79 Å². The first-order valence-electron chi connectivity index (χ1n) is 11.7. The summed E-state index contributed by atoms with van der Waals surface area (Å²) < 4.78 is 2.05. The Bertz CT molecular complexity index is 1070. The van der Waals surface area contributed by atoms with Gasteiger partial charge in [0.2, 0.25) is 5.91 Å². The van der Waals surface area contributed by atoms with Gasteiger partial charge in [0.05, 0.1) is 5.75 Å². The lowest BCUT2D eigenvalue weighted by Crippen LogP contribution is -2.56. The molecule has 4 bridgehead atoms. The number of aromatic nitrogens is 3. The first-order chi connectivity index (χ1) is 15.7. The number of carbonyl (C=O) groups excluding carboxylic acids is 1. The number of thioether (sulfide) groups is 1. The van der Waals surface area contributed by atoms with Gasteiger partial charge in [-0.3, -0.25) is 9.36 Å². The van der Waals surface area contributed by atoms with Crippen LogP contribution in [0.5, 0.6) is 0 Å². The molecule has 6 heteroatoms. The second kappa shape index (κ2) is 8.39. The van der Waals surface area contributed by atoms with Crippen LogP contribution in [-0.4, -0.2) is 32.5 Å². The number of amides is 1. The largest absolute Gasteiger partial charge is 0.352 e. The highest BCUT2D eigenvalue weighted by molar-refractivity contribution is 7.99. The lowest BCUT2D eigenvalue weighted by molar-refractivity contribution is -0.122. The van der Waals surface area contributed by atoms with Crippen molar-refractivity contribution >= 4 is 17.7 Å². The van der Waals surface area contributed by atoms with E-state index < -0.39 is 0 Å². The van der Waals surface area contributed by atoms with E-state index in [0.29, 0.717) is 23.6 Å². The lowest BCUT2D eigenvalue weighted by Gasteiger charge is -2.54. The number of rotatable bonds is 6. The highest BCUT2D eigenvalue weighted by Gasteiger charge is 2.48. The summed E-state index contributed by atoms with van der Waals surface area (Å²) in [5.74, 6) is 4.50. The average molecular weight is 445 g/mol. The second-order valence-corrected chi connectivity index (χ2v) is 10.6. The normalized spacial score (nSPS) is 28.1. The summed E-state index contributed by atoms with van der Waals surface area (Å²) >= 11 is 1.47. The first kappa shape index (κ1) is 20.0. The molecule has 4 aliphatic carbocycles. The zero-order chi connectivity index (χ0) is 21.5. The van der Waals surface area contributed by atoms with Crippen LogP contribution in [0.15, 0.2) is 65.8 Å². The van der Waals surface area contributed by atoms with Crippen LogP contribution in [0.1, 0.15) is 32.1 Å². The predicted octanol–water partition coefficient (Wildman–Crippen LogP) is 4.97. The van der Waals surface area contributed by atoms with Gasteiger partial charge in [0, 0.05) is 17.3 Å². The van der Waals surface area contributed by atoms with Crippen molar-refractivity contribution in [1.29, 1.82) is 0 Å². The van der Waals surface area contributed by atoms with Gasteiger partial charge in [0.25, 0.3) is 0 Å². The number of hydrogen-bond donors (Lipinski definition) is 1. The fraction of sp³-hybridized carbons (Fsp3) is 0.423. The van der Waals surface area contributed by atoms with Crippen LogP contribution in [0.25, 0.3) is 17.1 Å². The molecular formula is C26H28N4OS. The molecule has 1 N–H and O–H groups in total. The topological polar surface area (TPSA) is 59.8 Å². The van der Waals surface area contributed by atoms with Gasteiger partial charge in [-0.2, -0.15) is 0 Å². The number of hydrogen-bond acceptors (Lipinski definition) is 4. The molecule has 2 aromatic carbocycles. The maximum absolute atomic E-state index is 12.9. The second-order valence-electron chi connectivity index (χ2n) is 9.66. The molecule has 4 aliphatic rings. The summed E-state index contributed by atoms with van der Waals surface area (Å²) in [6.45, 7) is 0. The van der Waals surface area contributed by atoms with E-state index in [1.165, 1.54) is 43.9 Å². The van der Waals surface area contributed by atoms with E-state index in [2.05, 4.69) is 32.2 Å². The molecule has 0 unspecified atom stereocenters. The van der Waals surface area contributed by atoms with E-state index in [-0.39, 0.29) is 5.91 Å². The average Bonchev–Trinajstić information content (AvgIpc) is 3.25. The number of carbonyl (C=O) groups is 1. The minimum Gasteiger partial charge on any atom is -0.352 e. The van der Waals surface area contributed by atoms with Crippen molar-refractivity contribution in [3.05, 3.63) is 60.7 Å². The monoisotopic (exact) mass is 444 g/mol. The lowest BCUT2D eigenvalue weighted by atomic mass is 9.54. The van der Waals surface area contributed by atoms with Crippen molar-refractivity contribution < 1.29 is 4.79 Å². The maximum Gasteiger partial charge on any atom is 0.230 e. The molecule has 0 saturated heterocycles. The molecule has 32 heavy (non-hydrogen) atoms. The first-order valence-corrected chi connectivity index (χ1v) is 12.7. The van der Waals surface area contributed by atoms with Crippen LogP contribution >= 0.6 is 11.8 Å². The highest BCUT2D eigenvalue weighted by atomic mass is 32.2. The number of benzene rings is 2. The van der Waals surface area contributed by atoms with Gasteiger partial charge >= 0.3 is 0 Å². The Morgan fingerprint density at radius 2 is 1.50 bits per heavy atom. The third-order valence-corrected chi connectivity index (χ3v) is 8.50. The SMILES string of the molecule is O=C(CSc1nnc(-c2ccccc2)n1-c1ccccc1)NC1C2CC3CC(C2)CC1C3. The fourth-order valence-electron chi connectivity index (χ4n) is 6.47. The molecular weight excluding hydrogens is 416 g/mol. The molecule has 4 saturated carbocycles. The Morgan fingerprint density at radius 3 is 2.16 bits per heavy atom. The molecule has 4 fully saturated rings. The van der Waals surface area contributed by atoms with Crippen LogP contribution in [0.2, 0.25) is 0 Å². The summed E-state index contributed by atoms with van der Waals surface area (Å²) in [5, 5.41) is 13.1. The van der Waals surface area contributed by atoms with Crippen molar-refractivity contribution in [3.63, 3.8) is 0 Å². The highest BCUT2D eigenvalue weighted by Crippen LogP contribution is 2.53. The van der Waals surface area contributed by atoms with Gasteiger partial charge in [-0.15, -0.1) is 10.2 Å². The molecule has 3 aromatic rings. The number of para-hydroxylation sites is 1. The van der Waals surface area contributed by atoms with E-state index in [1.807, 2.05) is 48.5 Å². The molecule has 0 spiro atoms. The van der Waals surface area contributed by atoms with Crippen molar-refractivity contribution in [2.75, 3.05) is 5.75 Å². The van der Waals surface area contributed by atoms with Crippen LogP contribution in [0.4, 0.5) is 0 Å². The standard InChI is InChI=1S/C26H28N4OS/c31-23(27-24-20-12-17-11-18(14-20)15-21(24)13-17)16-32-26-29-28-25(19-7-3-1-4-8-19)30(26)22-9-5-2-6-10-22/h1-10,17-18,20-21,24H,11-16H2,(H,27,31). The Morgan fingerprint density at radius 1 is 0.875 bits per heavy atom. The summed E-state index contributed by atoms with van der Waals surface area (Å²) in [4.78, 5) is 12.9. The molecule has 5 nitrogen and oxygen atoms in total. The maximum atomic E-state index is 12.9. The van der Waals surface area contributed by atoms with Gasteiger partial charge in [-0.25, -0.2) is 0 Å². The fourth-order valence-corrected chi connectivity index (χ4v) is 7.23. The molecule has 7 rings (SSSR count). The zero-order valence-electron chi connectivity index (χ0n) is 18.1. The predicted molar refractivity (Wildman–Crippen MR) is 126 cm³/mol. The van der Waals surface area contributed by atoms with Crippen LogP contribution in [0, 0.1) is 23.7 Å². The van der Waals surface area contributed by atoms with Crippen molar-refractivity contribution in [2.45, 2.75) is 43.3 Å². The van der Waals surface area contributed by atoms with Crippen molar-refractivity contribution in [3.8, 4) is 17.1 Å². The molecule has 1 amide bonds. The zero-order valence-corrected chi connectivity index (χ0v) is 18.9. The summed E-state index contributed by atoms with van der Waals surface area (Å²) in [6, 6.07) is 20.6. The van der Waals surface area contributed by atoms with E-state index in [1.54, 1.807) is 0 Å². The molecule has 1 heterocycles. The molecule has 1 aromatic heterocycles. The van der Waals surface area contributed by atoms with Gasteiger partial charge in [-0.1, -0.05) is 60.3 Å². The van der Waals surface area contributed by atoms with E-state index in [0.717, 1.165) is 34.1 Å². The molecule has 0 atom stereocenters. The van der Waals surface area contributed by atoms with Gasteiger partial charge in [0.1, 0.15) is 0 Å². The van der Waals surface area contributed by atoms with Crippen LogP contribution in [0.3, 0.4) is 0 Å². The Hall–Kier alpha value is -2.60. The Balaban J connectivity index is 1.19. The minimum atomic E-state index is 0.122. The van der Waals surface area contributed by atoms with Gasteiger partial charge in [0.15, 0.2) is 11.0 Å². The summed E-state index contributed by atoms with van der Waals surface area (Å²) in [6.07, 6.45) is 6.69.